The molecule has 4 nitrogen and oxygen atoms in total. The van der Waals surface area contributed by atoms with E-state index < -0.39 is 17.7 Å². The Balaban J connectivity index is 2.12. The van der Waals surface area contributed by atoms with Crippen molar-refractivity contribution in [2.45, 2.75) is 11.8 Å². The van der Waals surface area contributed by atoms with Crippen LogP contribution in [0.3, 0.4) is 0 Å². The highest BCUT2D eigenvalue weighted by atomic mass is 79.9. The number of halogens is 6. The molecule has 1 aliphatic heterocycles. The van der Waals surface area contributed by atoms with E-state index in [0.29, 0.717) is 5.56 Å². The topological polar surface area (TPSA) is 58.6 Å². The molecule has 0 radical (unpaired) electrons. The third-order valence-electron chi connectivity index (χ3n) is 3.89. The maximum absolute atomic E-state index is 13.9. The van der Waals surface area contributed by atoms with Crippen LogP contribution in [0.4, 0.5) is 13.2 Å². The predicted octanol–water partition coefficient (Wildman–Crippen LogP) is 5.79. The Kier molecular flexibility index (Phi) is 5.20. The lowest BCUT2D eigenvalue weighted by molar-refractivity contribution is -0.269. The largest absolute Gasteiger partial charge is 0.478 e. The summed E-state index contributed by atoms with van der Waals surface area (Å²) in [6.07, 6.45) is -3.97. The van der Waals surface area contributed by atoms with Crippen LogP contribution in [0.2, 0.25) is 10.0 Å². The fraction of sp³-hybridized carbons (Fsp3) is 0.118. The summed E-state index contributed by atoms with van der Waals surface area (Å²) in [5.74, 6) is -1.17. The normalized spacial score (nSPS) is 19.6. The van der Waals surface area contributed by atoms with Gasteiger partial charge in [0.2, 0.25) is 5.60 Å². The first-order valence-corrected chi connectivity index (χ1v) is 8.82. The van der Waals surface area contributed by atoms with Crippen LogP contribution in [0, 0.1) is 0 Å². The van der Waals surface area contributed by atoms with Gasteiger partial charge in [0.25, 0.3) is 0 Å². The van der Waals surface area contributed by atoms with E-state index in [0.717, 1.165) is 18.2 Å². The van der Waals surface area contributed by atoms with Crippen molar-refractivity contribution in [3.05, 3.63) is 73.7 Å². The van der Waals surface area contributed by atoms with Crippen LogP contribution >= 0.6 is 39.1 Å². The number of hydroxylamine groups is 1. The Morgan fingerprint density at radius 2 is 1.78 bits per heavy atom. The Morgan fingerprint density at radius 1 is 1.15 bits per heavy atom. The number of rotatable bonds is 3. The average molecular weight is 483 g/mol. The molecule has 2 aromatic carbocycles. The van der Waals surface area contributed by atoms with Gasteiger partial charge in [0.1, 0.15) is 0 Å². The highest BCUT2D eigenvalue weighted by Gasteiger charge is 2.59. The van der Waals surface area contributed by atoms with Crippen LogP contribution in [0.15, 0.2) is 46.9 Å². The lowest BCUT2D eigenvalue weighted by atomic mass is 9.91. The number of benzene rings is 2. The van der Waals surface area contributed by atoms with E-state index in [4.69, 9.17) is 33.1 Å². The molecule has 1 aliphatic rings. The molecule has 0 bridgehead atoms. The molecule has 0 fully saturated rings. The van der Waals surface area contributed by atoms with Crippen molar-refractivity contribution >= 4 is 50.8 Å². The van der Waals surface area contributed by atoms with Gasteiger partial charge in [-0.05, 0) is 52.3 Å². The monoisotopic (exact) mass is 481 g/mol. The molecule has 10 heteroatoms. The van der Waals surface area contributed by atoms with E-state index in [1.165, 1.54) is 24.3 Å². The molecule has 1 heterocycles. The standard InChI is InChI=1S/C17H9BrCl2F3NO3/c18-13-3-8(1-2-12(13)15(25)26)14-7-16(27-24-14,17(21,22)23)9-4-10(19)6-11(20)5-9/h1-7,24H,(H,25,26). The molecule has 27 heavy (non-hydrogen) atoms. The van der Waals surface area contributed by atoms with Crippen LogP contribution in [0.1, 0.15) is 21.5 Å². The maximum atomic E-state index is 13.9. The second-order valence-electron chi connectivity index (χ2n) is 5.65. The summed E-state index contributed by atoms with van der Waals surface area (Å²) in [7, 11) is 0. The number of carboxylic acid groups (broad SMARTS) is 1. The Labute approximate surface area is 169 Å². The van der Waals surface area contributed by atoms with Gasteiger partial charge in [-0.3, -0.25) is 10.3 Å². The summed E-state index contributed by atoms with van der Waals surface area (Å²) < 4.78 is 42.0. The van der Waals surface area contributed by atoms with Crippen molar-refractivity contribution in [3.8, 4) is 0 Å². The van der Waals surface area contributed by atoms with Gasteiger partial charge >= 0.3 is 12.1 Å². The third kappa shape index (κ3) is 3.67. The van der Waals surface area contributed by atoms with Gasteiger partial charge in [-0.2, -0.15) is 13.2 Å². The van der Waals surface area contributed by atoms with Crippen LogP contribution < -0.4 is 5.48 Å². The Bertz CT molecular complexity index is 945. The van der Waals surface area contributed by atoms with Crippen molar-refractivity contribution in [3.63, 3.8) is 0 Å². The van der Waals surface area contributed by atoms with Crippen LogP contribution in [-0.2, 0) is 10.4 Å². The Hall–Kier alpha value is -1.74. The van der Waals surface area contributed by atoms with Crippen LogP contribution in [-0.4, -0.2) is 17.3 Å². The van der Waals surface area contributed by atoms with Crippen LogP contribution in [0.5, 0.6) is 0 Å². The van der Waals surface area contributed by atoms with Crippen molar-refractivity contribution in [2.75, 3.05) is 0 Å². The number of aromatic carboxylic acids is 1. The number of hydrogen-bond acceptors (Lipinski definition) is 3. The van der Waals surface area contributed by atoms with E-state index in [-0.39, 0.29) is 31.3 Å². The van der Waals surface area contributed by atoms with Gasteiger partial charge < -0.3 is 5.11 Å². The van der Waals surface area contributed by atoms with Gasteiger partial charge in [-0.15, -0.1) is 0 Å². The van der Waals surface area contributed by atoms with E-state index in [1.54, 1.807) is 0 Å². The molecule has 0 saturated carbocycles. The summed E-state index contributed by atoms with van der Waals surface area (Å²) in [4.78, 5) is 16.0. The van der Waals surface area contributed by atoms with E-state index in [9.17, 15) is 18.0 Å². The van der Waals surface area contributed by atoms with Gasteiger partial charge in [-0.1, -0.05) is 29.3 Å². The molecule has 142 valence electrons. The summed E-state index contributed by atoms with van der Waals surface area (Å²) in [5, 5.41) is 9.11. The van der Waals surface area contributed by atoms with Crippen molar-refractivity contribution in [1.29, 1.82) is 0 Å². The molecule has 3 rings (SSSR count). The molecule has 1 atom stereocenters. The average Bonchev–Trinajstić information content (AvgIpc) is 3.00. The summed E-state index contributed by atoms with van der Waals surface area (Å²) in [6, 6.07) is 7.56. The third-order valence-corrected chi connectivity index (χ3v) is 4.99. The minimum Gasteiger partial charge on any atom is -0.478 e. The Morgan fingerprint density at radius 3 is 2.30 bits per heavy atom. The highest BCUT2D eigenvalue weighted by Crippen LogP contribution is 2.48. The molecular formula is C17H9BrCl2F3NO3. The SMILES string of the molecule is O=C(O)c1ccc(C2=CC(c3cc(Cl)cc(Cl)c3)(C(F)(F)F)ON2)cc1Br. The minimum atomic E-state index is -4.83. The van der Waals surface area contributed by atoms with E-state index in [1.807, 2.05) is 0 Å². The van der Waals surface area contributed by atoms with E-state index in [2.05, 4.69) is 21.4 Å². The first-order chi connectivity index (χ1) is 12.5. The zero-order chi connectivity index (χ0) is 20.0. The molecule has 0 spiro atoms. The van der Waals surface area contributed by atoms with Gasteiger partial charge in [0, 0.05) is 25.6 Å². The summed E-state index contributed by atoms with van der Waals surface area (Å²) in [6.45, 7) is 0. The molecule has 2 N–H and O–H groups in total. The number of nitrogens with one attached hydrogen (secondary N) is 1. The second kappa shape index (κ2) is 7.01. The first kappa shape index (κ1) is 20.0. The van der Waals surface area contributed by atoms with Gasteiger partial charge in [-0.25, -0.2) is 4.79 Å². The lowest BCUT2D eigenvalue weighted by Gasteiger charge is -2.28. The zero-order valence-electron chi connectivity index (χ0n) is 13.1. The van der Waals surface area contributed by atoms with Crippen molar-refractivity contribution < 1.29 is 27.9 Å². The summed E-state index contributed by atoms with van der Waals surface area (Å²) in [5.41, 5.74) is -0.549. The zero-order valence-corrected chi connectivity index (χ0v) is 16.2. The molecule has 0 aromatic heterocycles. The van der Waals surface area contributed by atoms with Crippen LogP contribution in [0.25, 0.3) is 5.70 Å². The molecule has 0 aliphatic carbocycles. The number of alkyl halides is 3. The number of carbonyl (C=O) groups is 1. The molecule has 2 aromatic rings. The highest BCUT2D eigenvalue weighted by molar-refractivity contribution is 9.10. The van der Waals surface area contributed by atoms with Crippen molar-refractivity contribution in [2.24, 2.45) is 0 Å². The fourth-order valence-corrected chi connectivity index (χ4v) is 3.68. The van der Waals surface area contributed by atoms with Crippen molar-refractivity contribution in [1.82, 2.24) is 5.48 Å². The maximum Gasteiger partial charge on any atom is 0.428 e. The quantitative estimate of drug-likeness (QED) is 0.581. The number of hydrogen-bond donors (Lipinski definition) is 2. The first-order valence-electron chi connectivity index (χ1n) is 7.27. The predicted molar refractivity (Wildman–Crippen MR) is 97.5 cm³/mol. The van der Waals surface area contributed by atoms with E-state index >= 15 is 0 Å². The number of carboxylic acids is 1. The molecule has 0 amide bonds. The second-order valence-corrected chi connectivity index (χ2v) is 7.38. The summed E-state index contributed by atoms with van der Waals surface area (Å²) >= 11 is 14.8. The smallest absolute Gasteiger partial charge is 0.428 e. The molecular weight excluding hydrogens is 474 g/mol. The molecule has 0 saturated heterocycles. The fourth-order valence-electron chi connectivity index (χ4n) is 2.61. The van der Waals surface area contributed by atoms with Gasteiger partial charge in [0.05, 0.1) is 11.3 Å². The van der Waals surface area contributed by atoms with Gasteiger partial charge in [0.15, 0.2) is 0 Å². The lowest BCUT2D eigenvalue weighted by Crippen LogP contribution is -2.42. The minimum absolute atomic E-state index is 0.0149. The molecule has 1 unspecified atom stereocenters.